The van der Waals surface area contributed by atoms with Gasteiger partial charge in [-0.2, -0.15) is 0 Å². The number of hydrogen-bond donors (Lipinski definition) is 2. The molecule has 2 aromatic heterocycles. The third-order valence-corrected chi connectivity index (χ3v) is 6.70. The van der Waals surface area contributed by atoms with Gasteiger partial charge in [-0.1, -0.05) is 0 Å². The number of nitrogens with one attached hydrogen (secondary N) is 2. The Bertz CT molecular complexity index is 1240. The van der Waals surface area contributed by atoms with Crippen molar-refractivity contribution in [3.8, 4) is 5.75 Å². The molecule has 0 radical (unpaired) electrons. The number of fused-ring (bicyclic) bond motifs is 1. The number of pyridine rings is 1. The topological polar surface area (TPSA) is 83.1 Å². The van der Waals surface area contributed by atoms with E-state index in [0.29, 0.717) is 49.5 Å². The van der Waals surface area contributed by atoms with Gasteiger partial charge in [0.2, 0.25) is 0 Å². The van der Waals surface area contributed by atoms with Gasteiger partial charge in [0.15, 0.2) is 5.65 Å². The van der Waals surface area contributed by atoms with Crippen LogP contribution in [0.3, 0.4) is 0 Å². The summed E-state index contributed by atoms with van der Waals surface area (Å²) in [5, 5.41) is 2.76. The van der Waals surface area contributed by atoms with Crippen LogP contribution in [0.4, 0.5) is 22.0 Å². The summed E-state index contributed by atoms with van der Waals surface area (Å²) in [4.78, 5) is 26.6. The molecule has 2 aliphatic heterocycles. The van der Waals surface area contributed by atoms with Crippen molar-refractivity contribution in [3.63, 3.8) is 0 Å². The Morgan fingerprint density at radius 2 is 1.81 bits per heavy atom. The van der Waals surface area contributed by atoms with Crippen molar-refractivity contribution in [2.45, 2.75) is 43.4 Å². The smallest absolute Gasteiger partial charge is 0.406 e. The number of hydrogen-bond acceptors (Lipinski definition) is 5. The predicted molar refractivity (Wildman–Crippen MR) is 120 cm³/mol. The number of aromatic nitrogens is 3. The van der Waals surface area contributed by atoms with Gasteiger partial charge < -0.3 is 19.9 Å². The molecule has 0 spiro atoms. The Hall–Kier alpha value is -3.28. The summed E-state index contributed by atoms with van der Waals surface area (Å²) in [5.74, 6) is -3.29. The summed E-state index contributed by atoms with van der Waals surface area (Å²) in [6.45, 7) is 0.999. The number of halogens is 5. The first kappa shape index (κ1) is 24.4. The molecule has 12 heteroatoms. The SMILES string of the molecule is O=C(c1ccc(OC(F)(F)F)cc1)N1CCC(c2ccnc3[nH]c([C@H]4CNCC(F)(F)C4)nc23)CC1. The van der Waals surface area contributed by atoms with Gasteiger partial charge in [-0.25, -0.2) is 18.7 Å². The monoisotopic (exact) mass is 509 g/mol. The van der Waals surface area contributed by atoms with Crippen LogP contribution in [-0.2, 0) is 0 Å². The lowest BCUT2D eigenvalue weighted by molar-refractivity contribution is -0.274. The van der Waals surface area contributed by atoms with Crippen LogP contribution >= 0.6 is 0 Å². The standard InChI is InChI=1S/C24H24F5N5O2/c25-23(26)11-16(12-30-13-23)20-32-19-18(5-8-31-21(19)33-20)14-6-9-34(10-7-14)22(35)15-1-3-17(4-2-15)36-24(27,28)29/h1-5,8,14,16,30H,6-7,9-13H2,(H,31,32,33)/t16-/m1/s1. The van der Waals surface area contributed by atoms with Gasteiger partial charge >= 0.3 is 6.36 Å². The molecule has 0 bridgehead atoms. The lowest BCUT2D eigenvalue weighted by Crippen LogP contribution is -2.43. The molecule has 1 amide bonds. The Balaban J connectivity index is 1.26. The van der Waals surface area contributed by atoms with Crippen LogP contribution in [0.15, 0.2) is 36.5 Å². The number of aromatic amines is 1. The predicted octanol–water partition coefficient (Wildman–Crippen LogP) is 4.59. The average Bonchev–Trinajstić information content (AvgIpc) is 3.27. The zero-order valence-corrected chi connectivity index (χ0v) is 19.1. The zero-order valence-electron chi connectivity index (χ0n) is 19.1. The minimum atomic E-state index is -4.79. The Labute approximate surface area is 203 Å². The lowest BCUT2D eigenvalue weighted by atomic mass is 9.89. The van der Waals surface area contributed by atoms with Crippen molar-refractivity contribution in [1.29, 1.82) is 0 Å². The van der Waals surface area contributed by atoms with Crippen molar-refractivity contribution in [2.75, 3.05) is 26.2 Å². The van der Waals surface area contributed by atoms with Crippen LogP contribution in [0, 0.1) is 0 Å². The quantitative estimate of drug-likeness (QED) is 0.503. The molecule has 4 heterocycles. The Morgan fingerprint density at radius 1 is 1.08 bits per heavy atom. The van der Waals surface area contributed by atoms with Gasteiger partial charge in [-0.05, 0) is 54.7 Å². The van der Waals surface area contributed by atoms with Crippen molar-refractivity contribution in [2.24, 2.45) is 0 Å². The summed E-state index contributed by atoms with van der Waals surface area (Å²) >= 11 is 0. The van der Waals surface area contributed by atoms with Crippen molar-refractivity contribution in [1.82, 2.24) is 25.2 Å². The summed E-state index contributed by atoms with van der Waals surface area (Å²) < 4.78 is 68.7. The van der Waals surface area contributed by atoms with Gasteiger partial charge in [0.1, 0.15) is 17.1 Å². The van der Waals surface area contributed by atoms with E-state index in [0.717, 1.165) is 17.7 Å². The highest BCUT2D eigenvalue weighted by Crippen LogP contribution is 2.35. The third-order valence-electron chi connectivity index (χ3n) is 6.70. The van der Waals surface area contributed by atoms with E-state index in [1.165, 1.54) is 12.1 Å². The highest BCUT2D eigenvalue weighted by Gasteiger charge is 2.38. The number of carbonyl (C=O) groups excluding carboxylic acids is 1. The van der Waals surface area contributed by atoms with Crippen LogP contribution < -0.4 is 10.1 Å². The molecule has 2 N–H and O–H groups in total. The molecule has 2 aliphatic rings. The van der Waals surface area contributed by atoms with E-state index in [9.17, 15) is 26.7 Å². The van der Waals surface area contributed by atoms with Gasteiger partial charge in [0.25, 0.3) is 11.8 Å². The number of likely N-dealkylation sites (tertiary alicyclic amines) is 1. The molecule has 3 aromatic rings. The maximum absolute atomic E-state index is 13.9. The molecule has 0 saturated carbocycles. The number of alkyl halides is 5. The Kier molecular flexibility index (Phi) is 6.31. The van der Waals surface area contributed by atoms with Crippen molar-refractivity contribution >= 4 is 17.1 Å². The molecule has 2 saturated heterocycles. The molecule has 2 fully saturated rings. The molecule has 0 unspecified atom stereocenters. The summed E-state index contributed by atoms with van der Waals surface area (Å²) in [6, 6.07) is 6.75. The highest BCUT2D eigenvalue weighted by molar-refractivity contribution is 5.94. The van der Waals surface area contributed by atoms with E-state index in [-0.39, 0.29) is 36.1 Å². The molecule has 7 nitrogen and oxygen atoms in total. The lowest BCUT2D eigenvalue weighted by Gasteiger charge is -2.32. The maximum Gasteiger partial charge on any atom is 0.573 e. The number of rotatable bonds is 4. The summed E-state index contributed by atoms with van der Waals surface area (Å²) in [7, 11) is 0. The number of amides is 1. The van der Waals surface area contributed by atoms with E-state index in [2.05, 4.69) is 25.0 Å². The Morgan fingerprint density at radius 3 is 2.47 bits per heavy atom. The molecule has 192 valence electrons. The number of piperidine rings is 2. The number of ether oxygens (including phenoxy) is 1. The fraction of sp³-hybridized carbons (Fsp3) is 0.458. The van der Waals surface area contributed by atoms with Crippen LogP contribution in [0.5, 0.6) is 5.75 Å². The molecule has 5 rings (SSSR count). The number of nitrogens with zero attached hydrogens (tertiary/aromatic N) is 3. The van der Waals surface area contributed by atoms with E-state index >= 15 is 0 Å². The fourth-order valence-electron chi connectivity index (χ4n) is 4.97. The van der Waals surface area contributed by atoms with Gasteiger partial charge in [-0.15, -0.1) is 13.2 Å². The molecule has 1 aromatic carbocycles. The first-order valence-electron chi connectivity index (χ1n) is 11.7. The van der Waals surface area contributed by atoms with Crippen LogP contribution in [-0.4, -0.2) is 64.2 Å². The second-order valence-electron chi connectivity index (χ2n) is 9.25. The minimum Gasteiger partial charge on any atom is -0.406 e. The van der Waals surface area contributed by atoms with E-state index < -0.39 is 18.2 Å². The average molecular weight is 509 g/mol. The molecular weight excluding hydrogens is 485 g/mol. The van der Waals surface area contributed by atoms with E-state index in [1.807, 2.05) is 6.07 Å². The largest absolute Gasteiger partial charge is 0.573 e. The molecular formula is C24H24F5N5O2. The normalized spacial score (nSPS) is 21.0. The molecule has 0 aliphatic carbocycles. The van der Waals surface area contributed by atoms with E-state index in [4.69, 9.17) is 0 Å². The van der Waals surface area contributed by atoms with Gasteiger partial charge in [0.05, 0.1) is 6.54 Å². The number of benzene rings is 1. The number of H-pyrrole nitrogens is 1. The van der Waals surface area contributed by atoms with Crippen LogP contribution in [0.2, 0.25) is 0 Å². The molecule has 1 atom stereocenters. The second kappa shape index (κ2) is 9.30. The van der Waals surface area contributed by atoms with Gasteiger partial charge in [-0.3, -0.25) is 4.79 Å². The summed E-state index contributed by atoms with van der Waals surface area (Å²) in [5.41, 5.74) is 2.45. The van der Waals surface area contributed by atoms with Gasteiger partial charge in [0, 0.05) is 43.7 Å². The third kappa shape index (κ3) is 5.28. The zero-order chi connectivity index (χ0) is 25.5. The van der Waals surface area contributed by atoms with Crippen molar-refractivity contribution in [3.05, 3.63) is 53.5 Å². The highest BCUT2D eigenvalue weighted by atomic mass is 19.4. The van der Waals surface area contributed by atoms with Crippen LogP contribution in [0.25, 0.3) is 11.2 Å². The molecule has 36 heavy (non-hydrogen) atoms. The van der Waals surface area contributed by atoms with Crippen molar-refractivity contribution < 1.29 is 31.5 Å². The minimum absolute atomic E-state index is 0.101. The van der Waals surface area contributed by atoms with E-state index in [1.54, 1.807) is 11.1 Å². The number of carbonyl (C=O) groups is 1. The first-order valence-corrected chi connectivity index (χ1v) is 11.7. The summed E-state index contributed by atoms with van der Waals surface area (Å²) in [6.07, 6.45) is -2.09. The van der Waals surface area contributed by atoms with Crippen LogP contribution in [0.1, 0.15) is 52.8 Å². The maximum atomic E-state index is 13.9. The first-order chi connectivity index (χ1) is 17.1. The fourth-order valence-corrected chi connectivity index (χ4v) is 4.97. The second-order valence-corrected chi connectivity index (χ2v) is 9.25. The number of imidazole rings is 1.